The molecule has 0 aliphatic heterocycles. The molecule has 0 fully saturated rings. The molecule has 1 amide bonds. The second-order valence-corrected chi connectivity index (χ2v) is 4.12. The van der Waals surface area contributed by atoms with Gasteiger partial charge in [-0.05, 0) is 35.9 Å². The van der Waals surface area contributed by atoms with E-state index < -0.39 is 11.9 Å². The fourth-order valence-corrected chi connectivity index (χ4v) is 1.59. The van der Waals surface area contributed by atoms with Crippen LogP contribution < -0.4 is 5.32 Å². The van der Waals surface area contributed by atoms with Crippen LogP contribution in [0.1, 0.15) is 15.9 Å². The number of phenolic OH excluding ortho intramolecular Hbond substituents is 1. The van der Waals surface area contributed by atoms with E-state index in [1.54, 1.807) is 12.1 Å². The van der Waals surface area contributed by atoms with Crippen LogP contribution in [-0.4, -0.2) is 27.1 Å². The monoisotopic (exact) mass is 284 g/mol. The number of benzene rings is 1. The van der Waals surface area contributed by atoms with Crippen LogP contribution in [0.15, 0.2) is 48.7 Å². The fourth-order valence-electron chi connectivity index (χ4n) is 1.59. The predicted octanol–water partition coefficient (Wildman–Crippen LogP) is 2.14. The number of nitrogens with one attached hydrogen (secondary N) is 1. The van der Waals surface area contributed by atoms with Crippen molar-refractivity contribution in [2.45, 2.75) is 0 Å². The first kappa shape index (κ1) is 14.3. The molecule has 0 aliphatic rings. The van der Waals surface area contributed by atoms with E-state index in [2.05, 4.69) is 10.3 Å². The number of carbonyl (C=O) groups is 2. The largest absolute Gasteiger partial charge is 0.508 e. The molecule has 2 aromatic rings. The molecule has 1 aromatic heterocycles. The number of hydrogen-bond acceptors (Lipinski definition) is 4. The number of rotatable bonds is 4. The molecule has 0 radical (unpaired) electrons. The number of pyridine rings is 1. The number of carboxylic acid groups (broad SMARTS) is 1. The van der Waals surface area contributed by atoms with Gasteiger partial charge >= 0.3 is 5.97 Å². The van der Waals surface area contributed by atoms with Crippen LogP contribution in [0.25, 0.3) is 6.08 Å². The first-order valence-electron chi connectivity index (χ1n) is 6.02. The minimum absolute atomic E-state index is 0.00893. The molecule has 0 unspecified atom stereocenters. The second-order valence-electron chi connectivity index (χ2n) is 4.12. The van der Waals surface area contributed by atoms with E-state index in [1.807, 2.05) is 0 Å². The number of aromatic carboxylic acids is 1. The summed E-state index contributed by atoms with van der Waals surface area (Å²) in [6, 6.07) is 9.11. The Hall–Kier alpha value is -3.15. The zero-order valence-corrected chi connectivity index (χ0v) is 10.9. The molecule has 0 aliphatic carbocycles. The molecule has 0 atom stereocenters. The second kappa shape index (κ2) is 6.33. The third-order valence-corrected chi connectivity index (χ3v) is 2.60. The number of hydrogen-bond donors (Lipinski definition) is 3. The zero-order valence-electron chi connectivity index (χ0n) is 10.9. The van der Waals surface area contributed by atoms with Crippen molar-refractivity contribution in [1.82, 2.24) is 4.98 Å². The van der Waals surface area contributed by atoms with Gasteiger partial charge in [0, 0.05) is 12.3 Å². The third kappa shape index (κ3) is 3.90. The van der Waals surface area contributed by atoms with Gasteiger partial charge in [0.2, 0.25) is 5.91 Å². The van der Waals surface area contributed by atoms with Crippen molar-refractivity contribution in [3.05, 3.63) is 59.8 Å². The van der Waals surface area contributed by atoms with E-state index in [1.165, 1.54) is 42.6 Å². The van der Waals surface area contributed by atoms with E-state index in [-0.39, 0.29) is 17.1 Å². The van der Waals surface area contributed by atoms with Crippen molar-refractivity contribution >= 4 is 23.8 Å². The summed E-state index contributed by atoms with van der Waals surface area (Å²) in [7, 11) is 0. The number of aromatic nitrogens is 1. The summed E-state index contributed by atoms with van der Waals surface area (Å²) in [6.07, 6.45) is 4.19. The number of phenols is 1. The van der Waals surface area contributed by atoms with Gasteiger partial charge in [-0.25, -0.2) is 9.78 Å². The van der Waals surface area contributed by atoms with Gasteiger partial charge in [0.25, 0.3) is 0 Å². The lowest BCUT2D eigenvalue weighted by atomic mass is 10.2. The van der Waals surface area contributed by atoms with Crippen molar-refractivity contribution in [2.75, 3.05) is 5.32 Å². The van der Waals surface area contributed by atoms with Gasteiger partial charge in [-0.15, -0.1) is 0 Å². The van der Waals surface area contributed by atoms with Crippen LogP contribution in [0, 0.1) is 0 Å². The van der Waals surface area contributed by atoms with Gasteiger partial charge in [-0.2, -0.15) is 0 Å². The van der Waals surface area contributed by atoms with Gasteiger partial charge in [0.1, 0.15) is 17.1 Å². The van der Waals surface area contributed by atoms with Crippen molar-refractivity contribution in [3.8, 4) is 5.75 Å². The van der Waals surface area contributed by atoms with Crippen LogP contribution in [0.2, 0.25) is 0 Å². The molecular formula is C15H12N2O4. The molecule has 21 heavy (non-hydrogen) atoms. The molecule has 1 heterocycles. The van der Waals surface area contributed by atoms with Crippen LogP contribution in [0.3, 0.4) is 0 Å². The van der Waals surface area contributed by atoms with Crippen LogP contribution >= 0.6 is 0 Å². The summed E-state index contributed by atoms with van der Waals surface area (Å²) in [6.45, 7) is 0. The number of nitrogens with zero attached hydrogens (tertiary/aromatic N) is 1. The standard InChI is InChI=1S/C15H12N2O4/c18-11-6-3-10(4-7-11)5-8-13(19)17-14-12(15(20)21)2-1-9-16-14/h1-9,18H,(H,20,21)(H,16,17,19). The minimum atomic E-state index is -1.17. The fraction of sp³-hybridized carbons (Fsp3) is 0. The average Bonchev–Trinajstić information content (AvgIpc) is 2.47. The van der Waals surface area contributed by atoms with Gasteiger partial charge in [-0.1, -0.05) is 12.1 Å². The van der Waals surface area contributed by atoms with Crippen molar-refractivity contribution < 1.29 is 19.8 Å². The van der Waals surface area contributed by atoms with Gasteiger partial charge in [0.05, 0.1) is 0 Å². The molecule has 106 valence electrons. The van der Waals surface area contributed by atoms with Gasteiger partial charge in [0.15, 0.2) is 0 Å². The van der Waals surface area contributed by atoms with E-state index in [4.69, 9.17) is 10.2 Å². The summed E-state index contributed by atoms with van der Waals surface area (Å²) in [5, 5.41) is 20.5. The highest BCUT2D eigenvalue weighted by Crippen LogP contribution is 2.13. The number of aromatic hydroxyl groups is 1. The summed E-state index contributed by atoms with van der Waals surface area (Å²) in [5.74, 6) is -1.54. The third-order valence-electron chi connectivity index (χ3n) is 2.60. The molecular weight excluding hydrogens is 272 g/mol. The van der Waals surface area contributed by atoms with Gasteiger partial charge in [-0.3, -0.25) is 4.79 Å². The van der Waals surface area contributed by atoms with E-state index in [0.717, 1.165) is 5.56 Å². The number of amides is 1. The molecule has 0 saturated heterocycles. The SMILES string of the molecule is O=C(C=Cc1ccc(O)cc1)Nc1ncccc1C(=O)O. The summed E-state index contributed by atoms with van der Waals surface area (Å²) < 4.78 is 0. The maximum atomic E-state index is 11.7. The van der Waals surface area contributed by atoms with E-state index in [9.17, 15) is 9.59 Å². The quantitative estimate of drug-likeness (QED) is 0.747. The highest BCUT2D eigenvalue weighted by Gasteiger charge is 2.11. The average molecular weight is 284 g/mol. The highest BCUT2D eigenvalue weighted by atomic mass is 16.4. The Balaban J connectivity index is 2.08. The molecule has 6 heteroatoms. The Kier molecular flexibility index (Phi) is 4.30. The first-order chi connectivity index (χ1) is 10.1. The number of carboxylic acids is 1. The Morgan fingerprint density at radius 3 is 2.52 bits per heavy atom. The van der Waals surface area contributed by atoms with E-state index >= 15 is 0 Å². The maximum absolute atomic E-state index is 11.7. The lowest BCUT2D eigenvalue weighted by molar-refractivity contribution is -0.111. The lowest BCUT2D eigenvalue weighted by Gasteiger charge is -2.04. The maximum Gasteiger partial charge on any atom is 0.339 e. The Morgan fingerprint density at radius 1 is 1.14 bits per heavy atom. The van der Waals surface area contributed by atoms with Crippen LogP contribution in [-0.2, 0) is 4.79 Å². The summed E-state index contributed by atoms with van der Waals surface area (Å²) >= 11 is 0. The Morgan fingerprint density at radius 2 is 1.86 bits per heavy atom. The molecule has 0 bridgehead atoms. The highest BCUT2D eigenvalue weighted by molar-refractivity contribution is 6.05. The summed E-state index contributed by atoms with van der Waals surface area (Å²) in [4.78, 5) is 26.6. The molecule has 3 N–H and O–H groups in total. The number of anilines is 1. The zero-order chi connectivity index (χ0) is 15.2. The molecule has 1 aromatic carbocycles. The van der Waals surface area contributed by atoms with Crippen molar-refractivity contribution in [1.29, 1.82) is 0 Å². The minimum Gasteiger partial charge on any atom is -0.508 e. The molecule has 0 saturated carbocycles. The predicted molar refractivity (Wildman–Crippen MR) is 77.0 cm³/mol. The van der Waals surface area contributed by atoms with E-state index in [0.29, 0.717) is 0 Å². The molecule has 6 nitrogen and oxygen atoms in total. The Labute approximate surface area is 120 Å². The smallest absolute Gasteiger partial charge is 0.339 e. The lowest BCUT2D eigenvalue weighted by Crippen LogP contribution is -2.13. The molecule has 0 spiro atoms. The van der Waals surface area contributed by atoms with Crippen LogP contribution in [0.5, 0.6) is 5.75 Å². The topological polar surface area (TPSA) is 99.5 Å². The van der Waals surface area contributed by atoms with Gasteiger partial charge < -0.3 is 15.5 Å². The van der Waals surface area contributed by atoms with Crippen LogP contribution in [0.4, 0.5) is 5.82 Å². The van der Waals surface area contributed by atoms with Crippen molar-refractivity contribution in [2.24, 2.45) is 0 Å². The normalized spacial score (nSPS) is 10.5. The van der Waals surface area contributed by atoms with Crippen molar-refractivity contribution in [3.63, 3.8) is 0 Å². The first-order valence-corrected chi connectivity index (χ1v) is 6.02. The molecule has 2 rings (SSSR count). The Bertz CT molecular complexity index is 693. The number of carbonyl (C=O) groups excluding carboxylic acids is 1. The summed E-state index contributed by atoms with van der Waals surface area (Å²) in [5.41, 5.74) is 0.645.